The van der Waals surface area contributed by atoms with Crippen molar-refractivity contribution in [2.75, 3.05) is 31.9 Å². The molecule has 1 amide bonds. The van der Waals surface area contributed by atoms with E-state index in [9.17, 15) is 13.2 Å². The minimum atomic E-state index is -3.21. The second kappa shape index (κ2) is 8.32. The maximum atomic E-state index is 13.0. The first-order valence-electron chi connectivity index (χ1n) is 9.11. The highest BCUT2D eigenvalue weighted by atomic mass is 32.2. The van der Waals surface area contributed by atoms with Gasteiger partial charge in [0, 0.05) is 31.7 Å². The molecule has 0 saturated carbocycles. The molecule has 0 unspecified atom stereocenters. The van der Waals surface area contributed by atoms with Gasteiger partial charge in [-0.1, -0.05) is 31.0 Å². The lowest BCUT2D eigenvalue weighted by Gasteiger charge is -2.23. The molecule has 1 aliphatic rings. The van der Waals surface area contributed by atoms with Gasteiger partial charge < -0.3 is 4.90 Å². The fourth-order valence-electron chi connectivity index (χ4n) is 3.51. The molecule has 1 fully saturated rings. The van der Waals surface area contributed by atoms with Gasteiger partial charge in [-0.3, -0.25) is 4.79 Å². The Morgan fingerprint density at radius 1 is 1.04 bits per heavy atom. The number of carbonyl (C=O) groups excluding carboxylic acids is 1. The Hall–Kier alpha value is -1.40. The van der Waals surface area contributed by atoms with Gasteiger partial charge in [-0.15, -0.1) is 0 Å². The van der Waals surface area contributed by atoms with Crippen LogP contribution in [-0.4, -0.2) is 55.5 Å². The average Bonchev–Trinajstić information content (AvgIpc) is 2.78. The third-order valence-electron chi connectivity index (χ3n) is 4.78. The van der Waals surface area contributed by atoms with Crippen LogP contribution in [0.1, 0.15) is 53.2 Å². The van der Waals surface area contributed by atoms with Crippen molar-refractivity contribution in [2.45, 2.75) is 47.0 Å². The first kappa shape index (κ1) is 19.9. The number of aryl methyl sites for hydroxylation is 3. The first-order chi connectivity index (χ1) is 11.8. The van der Waals surface area contributed by atoms with E-state index in [-0.39, 0.29) is 11.7 Å². The topological polar surface area (TPSA) is 57.7 Å². The smallest absolute Gasteiger partial charge is 0.254 e. The molecule has 5 nitrogen and oxygen atoms in total. The third-order valence-corrected chi connectivity index (χ3v) is 6.74. The Labute approximate surface area is 152 Å². The molecule has 1 heterocycles. The first-order valence-corrected chi connectivity index (χ1v) is 10.7. The molecular formula is C19H30N2O3S. The van der Waals surface area contributed by atoms with Gasteiger partial charge in [-0.05, 0) is 44.7 Å². The number of sulfonamides is 1. The minimum Gasteiger partial charge on any atom is -0.337 e. The number of hydrogen-bond donors (Lipinski definition) is 0. The van der Waals surface area contributed by atoms with Gasteiger partial charge in [0.25, 0.3) is 5.91 Å². The number of amides is 1. The zero-order chi connectivity index (χ0) is 18.6. The molecule has 0 bridgehead atoms. The zero-order valence-corrected chi connectivity index (χ0v) is 16.7. The summed E-state index contributed by atoms with van der Waals surface area (Å²) in [6.45, 7) is 9.90. The maximum Gasteiger partial charge on any atom is 0.254 e. The molecule has 0 atom stereocenters. The molecule has 0 N–H and O–H groups in total. The molecule has 0 spiro atoms. The lowest BCUT2D eigenvalue weighted by atomic mass is 9.98. The molecule has 0 aliphatic carbocycles. The van der Waals surface area contributed by atoms with Crippen LogP contribution in [0.5, 0.6) is 0 Å². The van der Waals surface area contributed by atoms with Crippen LogP contribution in [0.15, 0.2) is 12.1 Å². The Morgan fingerprint density at radius 3 is 2.28 bits per heavy atom. The molecular weight excluding hydrogens is 336 g/mol. The molecule has 0 radical (unpaired) electrons. The molecule has 2 rings (SSSR count). The van der Waals surface area contributed by atoms with Crippen molar-refractivity contribution in [1.82, 2.24) is 9.21 Å². The van der Waals surface area contributed by atoms with E-state index in [1.807, 2.05) is 39.8 Å². The van der Waals surface area contributed by atoms with E-state index in [2.05, 4.69) is 0 Å². The molecule has 1 aromatic rings. The summed E-state index contributed by atoms with van der Waals surface area (Å²) in [6.07, 6.45) is 2.23. The van der Waals surface area contributed by atoms with E-state index in [1.54, 1.807) is 9.21 Å². The van der Waals surface area contributed by atoms with Gasteiger partial charge in [0.1, 0.15) is 0 Å². The molecule has 1 saturated heterocycles. The Kier molecular flexibility index (Phi) is 6.63. The predicted octanol–water partition coefficient (Wildman–Crippen LogP) is 2.89. The summed E-state index contributed by atoms with van der Waals surface area (Å²) >= 11 is 0. The molecule has 1 aliphatic heterocycles. The van der Waals surface area contributed by atoms with Gasteiger partial charge in [0.05, 0.1) is 5.75 Å². The Bertz CT molecular complexity index is 705. The van der Waals surface area contributed by atoms with E-state index in [1.165, 1.54) is 0 Å². The Balaban J connectivity index is 2.12. The summed E-state index contributed by atoms with van der Waals surface area (Å²) in [5, 5.41) is 0. The van der Waals surface area contributed by atoms with E-state index in [0.29, 0.717) is 39.0 Å². The summed E-state index contributed by atoms with van der Waals surface area (Å²) in [7, 11) is -3.21. The van der Waals surface area contributed by atoms with Crippen LogP contribution in [0.2, 0.25) is 0 Å². The quantitative estimate of drug-likeness (QED) is 0.805. The molecule has 0 aromatic heterocycles. The van der Waals surface area contributed by atoms with Gasteiger partial charge >= 0.3 is 0 Å². The van der Waals surface area contributed by atoms with E-state index in [0.717, 1.165) is 28.7 Å². The number of hydrogen-bond acceptors (Lipinski definition) is 3. The van der Waals surface area contributed by atoms with Crippen LogP contribution in [0.3, 0.4) is 0 Å². The minimum absolute atomic E-state index is 0.0165. The summed E-state index contributed by atoms with van der Waals surface area (Å²) < 4.78 is 26.4. The summed E-state index contributed by atoms with van der Waals surface area (Å²) in [5.41, 5.74) is 3.88. The predicted molar refractivity (Wildman–Crippen MR) is 101 cm³/mol. The SMILES string of the molecule is CCCCS(=O)(=O)N1CCCN(C(=O)c2c(C)cc(C)cc2C)CC1. The van der Waals surface area contributed by atoms with Crippen LogP contribution in [-0.2, 0) is 10.0 Å². The highest BCUT2D eigenvalue weighted by Crippen LogP contribution is 2.20. The Morgan fingerprint density at radius 2 is 1.68 bits per heavy atom. The van der Waals surface area contributed by atoms with Gasteiger partial charge in [-0.25, -0.2) is 12.7 Å². The average molecular weight is 367 g/mol. The van der Waals surface area contributed by atoms with Crippen LogP contribution in [0.25, 0.3) is 0 Å². The highest BCUT2D eigenvalue weighted by Gasteiger charge is 2.27. The molecule has 25 heavy (non-hydrogen) atoms. The van der Waals surface area contributed by atoms with Gasteiger partial charge in [0.15, 0.2) is 0 Å². The van der Waals surface area contributed by atoms with Crippen LogP contribution >= 0.6 is 0 Å². The van der Waals surface area contributed by atoms with Crippen LogP contribution in [0, 0.1) is 20.8 Å². The molecule has 140 valence electrons. The largest absolute Gasteiger partial charge is 0.337 e. The highest BCUT2D eigenvalue weighted by molar-refractivity contribution is 7.89. The molecule has 6 heteroatoms. The third kappa shape index (κ3) is 4.82. The number of carbonyl (C=O) groups is 1. The van der Waals surface area contributed by atoms with Crippen LogP contribution < -0.4 is 0 Å². The number of nitrogens with zero attached hydrogens (tertiary/aromatic N) is 2. The fraction of sp³-hybridized carbons (Fsp3) is 0.632. The normalized spacial score (nSPS) is 16.7. The van der Waals surface area contributed by atoms with Gasteiger partial charge in [-0.2, -0.15) is 0 Å². The van der Waals surface area contributed by atoms with Crippen molar-refractivity contribution in [3.63, 3.8) is 0 Å². The van der Waals surface area contributed by atoms with E-state index >= 15 is 0 Å². The lowest BCUT2D eigenvalue weighted by molar-refractivity contribution is 0.0763. The standard InChI is InChI=1S/C19H30N2O3S/c1-5-6-12-25(23,24)21-9-7-8-20(10-11-21)19(22)18-16(3)13-15(2)14-17(18)4/h13-14H,5-12H2,1-4H3. The van der Waals surface area contributed by atoms with Crippen molar-refractivity contribution < 1.29 is 13.2 Å². The van der Waals surface area contributed by atoms with Crippen molar-refractivity contribution in [1.29, 1.82) is 0 Å². The molecule has 1 aromatic carbocycles. The van der Waals surface area contributed by atoms with Gasteiger partial charge in [0.2, 0.25) is 10.0 Å². The zero-order valence-electron chi connectivity index (χ0n) is 15.8. The number of unbranched alkanes of at least 4 members (excludes halogenated alkanes) is 1. The van der Waals surface area contributed by atoms with Crippen molar-refractivity contribution in [2.24, 2.45) is 0 Å². The van der Waals surface area contributed by atoms with Crippen molar-refractivity contribution in [3.8, 4) is 0 Å². The summed E-state index contributed by atoms with van der Waals surface area (Å²) in [5.74, 6) is 0.218. The summed E-state index contributed by atoms with van der Waals surface area (Å²) in [6, 6.07) is 4.05. The maximum absolute atomic E-state index is 13.0. The van der Waals surface area contributed by atoms with E-state index in [4.69, 9.17) is 0 Å². The second-order valence-electron chi connectivity index (χ2n) is 6.99. The van der Waals surface area contributed by atoms with Crippen LogP contribution in [0.4, 0.5) is 0 Å². The van der Waals surface area contributed by atoms with E-state index < -0.39 is 10.0 Å². The number of rotatable bonds is 5. The lowest BCUT2D eigenvalue weighted by Crippen LogP contribution is -2.38. The van der Waals surface area contributed by atoms with Crippen molar-refractivity contribution in [3.05, 3.63) is 34.4 Å². The summed E-state index contributed by atoms with van der Waals surface area (Å²) in [4.78, 5) is 14.8. The monoisotopic (exact) mass is 366 g/mol. The number of benzene rings is 1. The second-order valence-corrected chi connectivity index (χ2v) is 9.08. The fourth-order valence-corrected chi connectivity index (χ4v) is 5.19. The van der Waals surface area contributed by atoms with Crippen molar-refractivity contribution >= 4 is 15.9 Å².